The summed E-state index contributed by atoms with van der Waals surface area (Å²) >= 11 is 9.27. The van der Waals surface area contributed by atoms with Crippen LogP contribution in [0.1, 0.15) is 37.4 Å². The number of fused-ring (bicyclic) bond motifs is 1. The van der Waals surface area contributed by atoms with Gasteiger partial charge in [0.05, 0.1) is 23.8 Å². The fourth-order valence-corrected chi connectivity index (χ4v) is 6.11. The van der Waals surface area contributed by atoms with E-state index in [-0.39, 0.29) is 11.8 Å². The molecule has 1 aliphatic rings. The summed E-state index contributed by atoms with van der Waals surface area (Å²) in [6, 6.07) is 7.67. The van der Waals surface area contributed by atoms with E-state index >= 15 is 0 Å². The van der Waals surface area contributed by atoms with Crippen LogP contribution in [0, 0.1) is 6.92 Å². The van der Waals surface area contributed by atoms with E-state index in [1.165, 1.54) is 22.7 Å². The quantitative estimate of drug-likeness (QED) is 0.595. The van der Waals surface area contributed by atoms with Gasteiger partial charge in [-0.2, -0.15) is 0 Å². The van der Waals surface area contributed by atoms with Crippen LogP contribution in [0.25, 0.3) is 10.1 Å². The summed E-state index contributed by atoms with van der Waals surface area (Å²) in [5, 5.41) is 4.88. The summed E-state index contributed by atoms with van der Waals surface area (Å²) in [5.74, 6) is -0.330. The number of benzene rings is 1. The van der Waals surface area contributed by atoms with Crippen molar-refractivity contribution < 1.29 is 14.3 Å². The molecule has 8 heteroatoms. The third-order valence-corrected chi connectivity index (χ3v) is 7.78. The summed E-state index contributed by atoms with van der Waals surface area (Å²) in [4.78, 5) is 29.6. The van der Waals surface area contributed by atoms with Crippen LogP contribution in [0.15, 0.2) is 24.3 Å². The van der Waals surface area contributed by atoms with Gasteiger partial charge in [-0.05, 0) is 25.0 Å². The maximum Gasteiger partial charge on any atom is 0.267 e. The van der Waals surface area contributed by atoms with E-state index in [0.29, 0.717) is 46.8 Å². The molecule has 0 bridgehead atoms. The lowest BCUT2D eigenvalue weighted by molar-refractivity contribution is 0.0303. The van der Waals surface area contributed by atoms with Crippen LogP contribution < -0.4 is 5.32 Å². The summed E-state index contributed by atoms with van der Waals surface area (Å²) < 4.78 is 6.33. The lowest BCUT2D eigenvalue weighted by Gasteiger charge is -2.27. The number of ether oxygens (including phenoxy) is 1. The van der Waals surface area contributed by atoms with Gasteiger partial charge < -0.3 is 15.0 Å². The smallest absolute Gasteiger partial charge is 0.267 e. The van der Waals surface area contributed by atoms with Crippen molar-refractivity contribution in [1.82, 2.24) is 4.90 Å². The zero-order valence-corrected chi connectivity index (χ0v) is 18.6. The van der Waals surface area contributed by atoms with E-state index < -0.39 is 0 Å². The van der Waals surface area contributed by atoms with E-state index in [2.05, 4.69) is 5.32 Å². The fraction of sp³-hybridized carbons (Fsp3) is 0.333. The predicted molar refractivity (Wildman–Crippen MR) is 120 cm³/mol. The number of rotatable bonds is 4. The van der Waals surface area contributed by atoms with E-state index in [4.69, 9.17) is 16.3 Å². The molecular formula is C21H21ClN2O3S2. The molecule has 1 aromatic carbocycles. The second kappa shape index (κ2) is 8.44. The monoisotopic (exact) mass is 448 g/mol. The van der Waals surface area contributed by atoms with Crippen LogP contribution in [-0.2, 0) is 11.2 Å². The number of aryl methyl sites for hydroxylation is 1. The number of carbonyl (C=O) groups is 2. The number of nitrogens with zero attached hydrogens (tertiary/aromatic N) is 1. The highest BCUT2D eigenvalue weighted by Gasteiger charge is 2.28. The van der Waals surface area contributed by atoms with Crippen LogP contribution >= 0.6 is 34.3 Å². The lowest BCUT2D eigenvalue weighted by atomic mass is 10.1. The summed E-state index contributed by atoms with van der Waals surface area (Å²) in [5.41, 5.74) is 1.59. The molecule has 29 heavy (non-hydrogen) atoms. The van der Waals surface area contributed by atoms with Gasteiger partial charge in [-0.25, -0.2) is 0 Å². The van der Waals surface area contributed by atoms with Crippen molar-refractivity contribution in [2.24, 2.45) is 0 Å². The minimum absolute atomic E-state index is 0.0489. The minimum Gasteiger partial charge on any atom is -0.378 e. The molecule has 152 valence electrons. The predicted octanol–water partition coefficient (Wildman–Crippen LogP) is 5.21. The number of carbonyl (C=O) groups excluding carboxylic acids is 2. The van der Waals surface area contributed by atoms with Gasteiger partial charge in [0.1, 0.15) is 9.88 Å². The lowest BCUT2D eigenvalue weighted by Crippen LogP contribution is -2.41. The number of morpholine rings is 1. The topological polar surface area (TPSA) is 58.6 Å². The average molecular weight is 449 g/mol. The maximum atomic E-state index is 13.2. The Morgan fingerprint density at radius 2 is 1.93 bits per heavy atom. The van der Waals surface area contributed by atoms with Crippen molar-refractivity contribution in [2.75, 3.05) is 31.6 Å². The molecule has 2 amide bonds. The van der Waals surface area contributed by atoms with Crippen molar-refractivity contribution in [1.29, 1.82) is 0 Å². The second-order valence-electron chi connectivity index (χ2n) is 6.79. The molecule has 1 fully saturated rings. The van der Waals surface area contributed by atoms with Gasteiger partial charge in [0.15, 0.2) is 0 Å². The van der Waals surface area contributed by atoms with Gasteiger partial charge >= 0.3 is 0 Å². The zero-order valence-electron chi connectivity index (χ0n) is 16.2. The molecule has 3 aromatic rings. The zero-order chi connectivity index (χ0) is 20.5. The van der Waals surface area contributed by atoms with Gasteiger partial charge in [-0.1, -0.05) is 36.7 Å². The highest BCUT2D eigenvalue weighted by atomic mass is 35.5. The van der Waals surface area contributed by atoms with Crippen molar-refractivity contribution in [2.45, 2.75) is 20.3 Å². The first kappa shape index (κ1) is 20.3. The Kier molecular flexibility index (Phi) is 5.92. The van der Waals surface area contributed by atoms with E-state index in [1.807, 2.05) is 38.1 Å². The van der Waals surface area contributed by atoms with Crippen LogP contribution in [0.4, 0.5) is 5.00 Å². The molecule has 0 atom stereocenters. The van der Waals surface area contributed by atoms with Crippen molar-refractivity contribution in [3.63, 3.8) is 0 Å². The number of halogens is 1. The molecule has 0 radical (unpaired) electrons. The maximum absolute atomic E-state index is 13.2. The molecule has 0 unspecified atom stereocenters. The molecule has 0 aliphatic carbocycles. The third-order valence-electron chi connectivity index (χ3n) is 5.04. The summed E-state index contributed by atoms with van der Waals surface area (Å²) in [6.07, 6.45) is 0.729. The van der Waals surface area contributed by atoms with Crippen LogP contribution in [-0.4, -0.2) is 43.0 Å². The van der Waals surface area contributed by atoms with Crippen LogP contribution in [0.5, 0.6) is 0 Å². The largest absolute Gasteiger partial charge is 0.378 e. The number of thiophene rings is 2. The first-order chi connectivity index (χ1) is 14.0. The molecular weight excluding hydrogens is 428 g/mol. The fourth-order valence-electron chi connectivity index (χ4n) is 3.56. The normalized spacial score (nSPS) is 14.4. The highest BCUT2D eigenvalue weighted by Crippen LogP contribution is 2.38. The van der Waals surface area contributed by atoms with Gasteiger partial charge in [0.2, 0.25) is 0 Å². The Labute approximate surface area is 182 Å². The molecule has 4 rings (SSSR count). The number of amides is 2. The minimum atomic E-state index is -0.281. The number of nitrogens with one attached hydrogen (secondary N) is 1. The molecule has 1 N–H and O–H groups in total. The number of hydrogen-bond acceptors (Lipinski definition) is 5. The summed E-state index contributed by atoms with van der Waals surface area (Å²) in [6.45, 7) is 6.21. The molecule has 5 nitrogen and oxygen atoms in total. The molecule has 2 aromatic heterocycles. The van der Waals surface area contributed by atoms with E-state index in [0.717, 1.165) is 26.9 Å². The Morgan fingerprint density at radius 3 is 2.62 bits per heavy atom. The van der Waals surface area contributed by atoms with Crippen LogP contribution in [0.2, 0.25) is 5.02 Å². The Balaban J connectivity index is 1.68. The number of anilines is 1. The van der Waals surface area contributed by atoms with Crippen molar-refractivity contribution in [3.8, 4) is 0 Å². The van der Waals surface area contributed by atoms with Gasteiger partial charge in [0.25, 0.3) is 11.8 Å². The highest BCUT2D eigenvalue weighted by molar-refractivity contribution is 7.22. The molecule has 1 aliphatic heterocycles. The average Bonchev–Trinajstić information content (AvgIpc) is 3.24. The van der Waals surface area contributed by atoms with E-state index in [9.17, 15) is 9.59 Å². The first-order valence-electron chi connectivity index (χ1n) is 9.49. The van der Waals surface area contributed by atoms with E-state index in [1.54, 1.807) is 4.90 Å². The molecule has 0 saturated carbocycles. The van der Waals surface area contributed by atoms with Gasteiger partial charge in [-0.3, -0.25) is 9.59 Å². The Bertz CT molecular complexity index is 1080. The molecule has 0 spiro atoms. The van der Waals surface area contributed by atoms with Gasteiger partial charge in [-0.15, -0.1) is 22.7 Å². The Morgan fingerprint density at radius 1 is 1.21 bits per heavy atom. The molecule has 3 heterocycles. The number of hydrogen-bond donors (Lipinski definition) is 1. The SMILES string of the molecule is CCc1c(C)sc(NC(=O)c2sc3ccccc3c2Cl)c1C(=O)N1CCOCC1. The summed E-state index contributed by atoms with van der Waals surface area (Å²) in [7, 11) is 0. The second-order valence-corrected chi connectivity index (χ2v) is 9.45. The Hall–Kier alpha value is -1.93. The standard InChI is InChI=1S/C21H21ClN2O3S2/c1-3-13-12(2)28-20(16(13)21(26)24-8-10-27-11-9-24)23-19(25)18-17(22)14-6-4-5-7-15(14)29-18/h4-7H,3,8-11H2,1-2H3,(H,23,25). The first-order valence-corrected chi connectivity index (χ1v) is 11.5. The van der Waals surface area contributed by atoms with Crippen molar-refractivity contribution in [3.05, 3.63) is 50.2 Å². The van der Waals surface area contributed by atoms with Crippen molar-refractivity contribution >= 4 is 61.2 Å². The van der Waals surface area contributed by atoms with Crippen LogP contribution in [0.3, 0.4) is 0 Å². The third kappa shape index (κ3) is 3.80. The van der Waals surface area contributed by atoms with Gasteiger partial charge in [0, 0.05) is 28.1 Å². The molecule has 1 saturated heterocycles.